The maximum absolute atomic E-state index is 12.9. The molecule has 0 heterocycles. The van der Waals surface area contributed by atoms with Crippen LogP contribution in [0, 0.1) is 5.92 Å². The second-order valence-electron chi connectivity index (χ2n) is 6.14. The summed E-state index contributed by atoms with van der Waals surface area (Å²) in [5.74, 6) is 1.37. The van der Waals surface area contributed by atoms with Crippen LogP contribution < -0.4 is 4.74 Å². The van der Waals surface area contributed by atoms with Crippen molar-refractivity contribution in [3.8, 4) is 5.75 Å². The van der Waals surface area contributed by atoms with Crippen molar-refractivity contribution < 1.29 is 9.53 Å². The molecule has 0 atom stereocenters. The molecule has 0 radical (unpaired) electrons. The van der Waals surface area contributed by atoms with Crippen LogP contribution in [0.1, 0.15) is 49.9 Å². The van der Waals surface area contributed by atoms with Gasteiger partial charge in [0.1, 0.15) is 5.75 Å². The molecule has 1 aromatic carbocycles. The topological polar surface area (TPSA) is 29.5 Å². The quantitative estimate of drug-likeness (QED) is 0.779. The Morgan fingerprint density at radius 2 is 2.05 bits per heavy atom. The van der Waals surface area contributed by atoms with E-state index in [0.717, 1.165) is 35.2 Å². The Morgan fingerprint density at radius 3 is 2.57 bits per heavy atom. The fourth-order valence-electron chi connectivity index (χ4n) is 2.97. The lowest BCUT2D eigenvalue weighted by Crippen LogP contribution is -2.41. The zero-order valence-corrected chi connectivity index (χ0v) is 14.6. The number of benzene rings is 1. The zero-order chi connectivity index (χ0) is 15.4. The Bertz CT molecular complexity index is 496. The second kappa shape index (κ2) is 7.30. The molecule has 1 fully saturated rings. The van der Waals surface area contributed by atoms with Gasteiger partial charge in [-0.25, -0.2) is 0 Å². The molecule has 0 spiro atoms. The first kappa shape index (κ1) is 16.3. The molecule has 0 unspecified atom stereocenters. The first-order valence-corrected chi connectivity index (χ1v) is 8.46. The van der Waals surface area contributed by atoms with Crippen molar-refractivity contribution in [2.24, 2.45) is 5.92 Å². The average molecular weight is 354 g/mol. The number of ether oxygens (including phenoxy) is 1. The van der Waals surface area contributed by atoms with Gasteiger partial charge in [-0.15, -0.1) is 0 Å². The first-order valence-electron chi connectivity index (χ1n) is 7.67. The summed E-state index contributed by atoms with van der Waals surface area (Å²) in [6, 6.07) is 5.97. The molecule has 21 heavy (non-hydrogen) atoms. The Labute approximate surface area is 135 Å². The summed E-state index contributed by atoms with van der Waals surface area (Å²) in [6.45, 7) is 5.16. The van der Waals surface area contributed by atoms with E-state index in [1.807, 2.05) is 18.2 Å². The van der Waals surface area contributed by atoms with Crippen LogP contribution in [0.3, 0.4) is 0 Å². The minimum absolute atomic E-state index is 0.138. The molecule has 116 valence electrons. The Balaban J connectivity index is 2.22. The molecule has 2 rings (SSSR count). The molecule has 0 aromatic heterocycles. The highest BCUT2D eigenvalue weighted by atomic mass is 79.9. The van der Waals surface area contributed by atoms with Crippen LogP contribution in [0.25, 0.3) is 0 Å². The Kier molecular flexibility index (Phi) is 5.68. The summed E-state index contributed by atoms with van der Waals surface area (Å²) in [4.78, 5) is 15.0. The number of rotatable bonds is 5. The lowest BCUT2D eigenvalue weighted by molar-refractivity contribution is 0.0655. The lowest BCUT2D eigenvalue weighted by atomic mass is 10.1. The third-order valence-corrected chi connectivity index (χ3v) is 4.61. The number of methoxy groups -OCH3 is 1. The van der Waals surface area contributed by atoms with E-state index < -0.39 is 0 Å². The smallest absolute Gasteiger partial charge is 0.254 e. The van der Waals surface area contributed by atoms with Gasteiger partial charge >= 0.3 is 0 Å². The summed E-state index contributed by atoms with van der Waals surface area (Å²) in [5.41, 5.74) is 0.732. The fraction of sp³-hybridized carbons (Fsp3) is 0.588. The van der Waals surface area contributed by atoms with Gasteiger partial charge in [-0.1, -0.05) is 26.7 Å². The minimum Gasteiger partial charge on any atom is -0.496 e. The molecule has 0 saturated heterocycles. The van der Waals surface area contributed by atoms with Gasteiger partial charge in [0.25, 0.3) is 5.91 Å². The molecule has 1 aromatic rings. The van der Waals surface area contributed by atoms with E-state index in [1.165, 1.54) is 12.8 Å². The molecule has 0 bridgehead atoms. The largest absolute Gasteiger partial charge is 0.496 e. The SMILES string of the molecule is COc1ccc(C(=O)N(CC(C)C)C2CCCC2)cc1Br. The van der Waals surface area contributed by atoms with Crippen LogP contribution in [-0.4, -0.2) is 30.5 Å². The highest BCUT2D eigenvalue weighted by Gasteiger charge is 2.28. The van der Waals surface area contributed by atoms with Crippen LogP contribution in [0.5, 0.6) is 5.75 Å². The third kappa shape index (κ3) is 4.00. The molecule has 4 heteroatoms. The van der Waals surface area contributed by atoms with Gasteiger partial charge in [-0.2, -0.15) is 0 Å². The minimum atomic E-state index is 0.138. The van der Waals surface area contributed by atoms with Crippen molar-refractivity contribution in [2.45, 2.75) is 45.6 Å². The van der Waals surface area contributed by atoms with Gasteiger partial charge in [-0.3, -0.25) is 4.79 Å². The number of halogens is 1. The Hall–Kier alpha value is -1.03. The number of hydrogen-bond acceptors (Lipinski definition) is 2. The molecule has 3 nitrogen and oxygen atoms in total. The summed E-state index contributed by atoms with van der Waals surface area (Å²) < 4.78 is 6.06. The van der Waals surface area contributed by atoms with E-state index in [2.05, 4.69) is 34.7 Å². The summed E-state index contributed by atoms with van der Waals surface area (Å²) in [5, 5.41) is 0. The molecule has 1 saturated carbocycles. The van der Waals surface area contributed by atoms with E-state index in [4.69, 9.17) is 4.74 Å². The van der Waals surface area contributed by atoms with Crippen molar-refractivity contribution in [2.75, 3.05) is 13.7 Å². The highest BCUT2D eigenvalue weighted by Crippen LogP contribution is 2.29. The van der Waals surface area contributed by atoms with Gasteiger partial charge in [-0.05, 0) is 52.9 Å². The third-order valence-electron chi connectivity index (χ3n) is 3.99. The van der Waals surface area contributed by atoms with Crippen LogP contribution in [0.15, 0.2) is 22.7 Å². The van der Waals surface area contributed by atoms with Gasteiger partial charge < -0.3 is 9.64 Å². The first-order chi connectivity index (χ1) is 10.0. The number of amides is 1. The standard InChI is InChI=1S/C17H24BrNO2/c1-12(2)11-19(14-6-4-5-7-14)17(20)13-8-9-16(21-3)15(18)10-13/h8-10,12,14H,4-7,11H2,1-3H3. The van der Waals surface area contributed by atoms with E-state index in [9.17, 15) is 4.79 Å². The maximum Gasteiger partial charge on any atom is 0.254 e. The number of carbonyl (C=O) groups excluding carboxylic acids is 1. The molecule has 0 N–H and O–H groups in total. The molecule has 0 aliphatic heterocycles. The predicted octanol–water partition coefficient (Wildman–Crippen LogP) is 4.50. The van der Waals surface area contributed by atoms with E-state index in [1.54, 1.807) is 7.11 Å². The zero-order valence-electron chi connectivity index (χ0n) is 13.1. The molecule has 1 amide bonds. The van der Waals surface area contributed by atoms with Crippen LogP contribution >= 0.6 is 15.9 Å². The van der Waals surface area contributed by atoms with Gasteiger partial charge in [0.05, 0.1) is 11.6 Å². The van der Waals surface area contributed by atoms with Crippen molar-refractivity contribution in [3.63, 3.8) is 0 Å². The predicted molar refractivity (Wildman–Crippen MR) is 88.8 cm³/mol. The van der Waals surface area contributed by atoms with Crippen LogP contribution in [-0.2, 0) is 0 Å². The molecule has 1 aliphatic rings. The maximum atomic E-state index is 12.9. The number of carbonyl (C=O) groups is 1. The number of hydrogen-bond donors (Lipinski definition) is 0. The van der Waals surface area contributed by atoms with Crippen molar-refractivity contribution in [1.29, 1.82) is 0 Å². The average Bonchev–Trinajstić information content (AvgIpc) is 2.97. The van der Waals surface area contributed by atoms with E-state index in [0.29, 0.717) is 12.0 Å². The summed E-state index contributed by atoms with van der Waals surface area (Å²) >= 11 is 3.46. The van der Waals surface area contributed by atoms with Gasteiger partial charge in [0.15, 0.2) is 0 Å². The lowest BCUT2D eigenvalue weighted by Gasteiger charge is -2.31. The van der Waals surface area contributed by atoms with Crippen LogP contribution in [0.2, 0.25) is 0 Å². The van der Waals surface area contributed by atoms with Crippen molar-refractivity contribution in [1.82, 2.24) is 4.90 Å². The van der Waals surface area contributed by atoms with Gasteiger partial charge in [0.2, 0.25) is 0 Å². The highest BCUT2D eigenvalue weighted by molar-refractivity contribution is 9.10. The fourth-order valence-corrected chi connectivity index (χ4v) is 3.51. The normalized spacial score (nSPS) is 15.5. The molecular formula is C17H24BrNO2. The Morgan fingerprint density at radius 1 is 1.38 bits per heavy atom. The molecule has 1 aliphatic carbocycles. The van der Waals surface area contributed by atoms with Crippen LogP contribution in [0.4, 0.5) is 0 Å². The van der Waals surface area contributed by atoms with E-state index >= 15 is 0 Å². The second-order valence-corrected chi connectivity index (χ2v) is 6.99. The molecular weight excluding hydrogens is 330 g/mol. The van der Waals surface area contributed by atoms with E-state index in [-0.39, 0.29) is 5.91 Å². The van der Waals surface area contributed by atoms with Crippen molar-refractivity contribution >= 4 is 21.8 Å². The van der Waals surface area contributed by atoms with Crippen molar-refractivity contribution in [3.05, 3.63) is 28.2 Å². The number of nitrogens with zero attached hydrogens (tertiary/aromatic N) is 1. The summed E-state index contributed by atoms with van der Waals surface area (Å²) in [6.07, 6.45) is 4.74. The monoisotopic (exact) mass is 353 g/mol. The van der Waals surface area contributed by atoms with Gasteiger partial charge in [0, 0.05) is 18.2 Å². The summed E-state index contributed by atoms with van der Waals surface area (Å²) in [7, 11) is 1.63.